The van der Waals surface area contributed by atoms with E-state index in [4.69, 9.17) is 28.3 Å². The van der Waals surface area contributed by atoms with Crippen LogP contribution in [0.15, 0.2) is 30.7 Å². The molecule has 9 nitrogen and oxygen atoms in total. The Morgan fingerprint density at radius 2 is 2.00 bits per heavy atom. The Kier molecular flexibility index (Phi) is 4.92. The molecular formula is C15H12Cl2N6O3. The van der Waals surface area contributed by atoms with Crippen LogP contribution in [0.1, 0.15) is 26.4 Å². The Balaban J connectivity index is 1.73. The zero-order chi connectivity index (χ0) is 18.8. The third-order valence-electron chi connectivity index (χ3n) is 3.37. The molecule has 1 aromatic carbocycles. The summed E-state index contributed by atoms with van der Waals surface area (Å²) in [5.41, 5.74) is 0.420. The number of aromatic carboxylic acids is 1. The number of carbonyl (C=O) groups is 2. The number of anilines is 1. The summed E-state index contributed by atoms with van der Waals surface area (Å²) >= 11 is 11.9. The summed E-state index contributed by atoms with van der Waals surface area (Å²) < 4.78 is 2.74. The van der Waals surface area contributed by atoms with Crippen molar-refractivity contribution in [2.75, 3.05) is 5.32 Å². The first kappa shape index (κ1) is 17.9. The molecule has 26 heavy (non-hydrogen) atoms. The molecule has 2 heterocycles. The van der Waals surface area contributed by atoms with Gasteiger partial charge in [-0.2, -0.15) is 5.10 Å². The predicted molar refractivity (Wildman–Crippen MR) is 93.7 cm³/mol. The molecule has 2 aromatic heterocycles. The van der Waals surface area contributed by atoms with Crippen molar-refractivity contribution in [2.45, 2.75) is 6.54 Å². The molecule has 0 atom stereocenters. The second-order valence-corrected chi connectivity index (χ2v) is 6.15. The van der Waals surface area contributed by atoms with Gasteiger partial charge in [0.25, 0.3) is 5.91 Å². The average Bonchev–Trinajstić information content (AvgIpc) is 3.17. The van der Waals surface area contributed by atoms with Gasteiger partial charge < -0.3 is 5.11 Å². The predicted octanol–water partition coefficient (Wildman–Crippen LogP) is 2.32. The van der Waals surface area contributed by atoms with Crippen LogP contribution >= 0.6 is 23.2 Å². The molecule has 0 unspecified atom stereocenters. The van der Waals surface area contributed by atoms with Gasteiger partial charge in [0, 0.05) is 13.2 Å². The van der Waals surface area contributed by atoms with Crippen LogP contribution in [0.5, 0.6) is 0 Å². The fourth-order valence-corrected chi connectivity index (χ4v) is 2.56. The van der Waals surface area contributed by atoms with E-state index in [1.165, 1.54) is 28.9 Å². The highest BCUT2D eigenvalue weighted by atomic mass is 35.5. The van der Waals surface area contributed by atoms with Crippen molar-refractivity contribution in [1.82, 2.24) is 24.5 Å². The van der Waals surface area contributed by atoms with E-state index >= 15 is 0 Å². The maximum absolute atomic E-state index is 12.3. The van der Waals surface area contributed by atoms with Gasteiger partial charge in [-0.05, 0) is 17.7 Å². The third kappa shape index (κ3) is 3.84. The van der Waals surface area contributed by atoms with Crippen LogP contribution in [-0.4, -0.2) is 41.5 Å². The van der Waals surface area contributed by atoms with E-state index in [0.717, 1.165) is 5.56 Å². The molecule has 0 saturated heterocycles. The van der Waals surface area contributed by atoms with Crippen LogP contribution in [0.4, 0.5) is 5.95 Å². The number of nitrogens with one attached hydrogen (secondary N) is 1. The molecule has 0 aliphatic carbocycles. The van der Waals surface area contributed by atoms with Gasteiger partial charge >= 0.3 is 5.97 Å². The Hall–Kier alpha value is -2.91. The first-order valence-electron chi connectivity index (χ1n) is 7.25. The van der Waals surface area contributed by atoms with Gasteiger partial charge in [0.05, 0.1) is 22.2 Å². The highest BCUT2D eigenvalue weighted by molar-refractivity contribution is 6.42. The zero-order valence-corrected chi connectivity index (χ0v) is 14.9. The normalized spacial score (nSPS) is 10.7. The Morgan fingerprint density at radius 3 is 2.69 bits per heavy atom. The number of amides is 1. The van der Waals surface area contributed by atoms with Crippen molar-refractivity contribution in [2.24, 2.45) is 7.05 Å². The maximum atomic E-state index is 12.3. The number of nitrogens with zero attached hydrogens (tertiary/aromatic N) is 5. The second kappa shape index (κ2) is 7.14. The fraction of sp³-hybridized carbons (Fsp3) is 0.133. The van der Waals surface area contributed by atoms with Crippen molar-refractivity contribution in [3.05, 3.63) is 57.6 Å². The molecule has 0 bridgehead atoms. The highest BCUT2D eigenvalue weighted by Gasteiger charge is 2.21. The Labute approximate surface area is 157 Å². The van der Waals surface area contributed by atoms with E-state index in [1.54, 1.807) is 18.2 Å². The quantitative estimate of drug-likeness (QED) is 0.685. The van der Waals surface area contributed by atoms with Crippen molar-refractivity contribution in [3.8, 4) is 0 Å². The molecule has 0 saturated carbocycles. The van der Waals surface area contributed by atoms with Crippen LogP contribution in [0.2, 0.25) is 10.0 Å². The minimum atomic E-state index is -1.30. The van der Waals surface area contributed by atoms with Gasteiger partial charge in [0.2, 0.25) is 5.95 Å². The van der Waals surface area contributed by atoms with Gasteiger partial charge in [-0.3, -0.25) is 14.8 Å². The number of halogens is 2. The summed E-state index contributed by atoms with van der Waals surface area (Å²) in [5.74, 6) is -1.92. The molecule has 0 aliphatic rings. The molecule has 134 valence electrons. The van der Waals surface area contributed by atoms with Crippen LogP contribution in [0.25, 0.3) is 0 Å². The largest absolute Gasteiger partial charge is 0.476 e. The number of carboxylic acid groups (broad SMARTS) is 1. The molecule has 0 aliphatic heterocycles. The lowest BCUT2D eigenvalue weighted by molar-refractivity contribution is 0.0685. The van der Waals surface area contributed by atoms with Crippen molar-refractivity contribution in [3.63, 3.8) is 0 Å². The summed E-state index contributed by atoms with van der Waals surface area (Å²) in [4.78, 5) is 27.4. The fourth-order valence-electron chi connectivity index (χ4n) is 2.23. The number of aromatic nitrogens is 5. The molecule has 0 radical (unpaired) electrons. The Morgan fingerprint density at radius 1 is 1.23 bits per heavy atom. The molecule has 3 aromatic rings. The summed E-state index contributed by atoms with van der Waals surface area (Å²) in [6.45, 7) is 0.368. The first-order valence-corrected chi connectivity index (χ1v) is 8.00. The van der Waals surface area contributed by atoms with E-state index in [9.17, 15) is 9.59 Å². The van der Waals surface area contributed by atoms with Gasteiger partial charge in [0.1, 0.15) is 6.33 Å². The van der Waals surface area contributed by atoms with E-state index in [1.807, 2.05) is 0 Å². The molecule has 0 spiro atoms. The topological polar surface area (TPSA) is 115 Å². The number of carbonyl (C=O) groups excluding carboxylic acids is 1. The molecular weight excluding hydrogens is 383 g/mol. The van der Waals surface area contributed by atoms with Gasteiger partial charge in [0.15, 0.2) is 5.69 Å². The first-order chi connectivity index (χ1) is 12.3. The lowest BCUT2D eigenvalue weighted by Crippen LogP contribution is -2.16. The van der Waals surface area contributed by atoms with E-state index in [0.29, 0.717) is 16.6 Å². The van der Waals surface area contributed by atoms with Gasteiger partial charge in [-0.1, -0.05) is 29.3 Å². The van der Waals surface area contributed by atoms with Crippen LogP contribution < -0.4 is 5.32 Å². The second-order valence-electron chi connectivity index (χ2n) is 5.34. The number of aryl methyl sites for hydroxylation is 1. The van der Waals surface area contributed by atoms with Crippen molar-refractivity contribution < 1.29 is 14.7 Å². The van der Waals surface area contributed by atoms with Crippen molar-refractivity contribution in [1.29, 1.82) is 0 Å². The number of carboxylic acids is 1. The van der Waals surface area contributed by atoms with Crippen LogP contribution in [0.3, 0.4) is 0 Å². The minimum absolute atomic E-state index is 0.0373. The lowest BCUT2D eigenvalue weighted by Gasteiger charge is -2.03. The summed E-state index contributed by atoms with van der Waals surface area (Å²) in [5, 5.41) is 20.3. The average molecular weight is 395 g/mol. The third-order valence-corrected chi connectivity index (χ3v) is 4.11. The van der Waals surface area contributed by atoms with Gasteiger partial charge in [-0.15, -0.1) is 5.10 Å². The van der Waals surface area contributed by atoms with Crippen LogP contribution in [0, 0.1) is 0 Å². The standard InChI is InChI=1S/C15H12Cl2N6O3/c1-22-6-9(12(20-22)14(25)26)13(24)19-15-18-7-23(21-15)5-8-2-3-10(16)11(17)4-8/h2-4,6-7H,5H2,1H3,(H,25,26)(H,19,21,24). The summed E-state index contributed by atoms with van der Waals surface area (Å²) in [6, 6.07) is 5.18. The zero-order valence-electron chi connectivity index (χ0n) is 13.3. The Bertz CT molecular complexity index is 997. The number of hydrogen-bond donors (Lipinski definition) is 2. The number of hydrogen-bond acceptors (Lipinski definition) is 5. The van der Waals surface area contributed by atoms with E-state index < -0.39 is 11.9 Å². The number of rotatable bonds is 5. The summed E-state index contributed by atoms with van der Waals surface area (Å²) in [7, 11) is 1.52. The van der Waals surface area contributed by atoms with E-state index in [2.05, 4.69) is 20.5 Å². The summed E-state index contributed by atoms with van der Waals surface area (Å²) in [6.07, 6.45) is 2.74. The molecule has 3 rings (SSSR count). The molecule has 2 N–H and O–H groups in total. The number of benzene rings is 1. The maximum Gasteiger partial charge on any atom is 0.357 e. The highest BCUT2D eigenvalue weighted by Crippen LogP contribution is 2.23. The smallest absolute Gasteiger partial charge is 0.357 e. The van der Waals surface area contributed by atoms with E-state index in [-0.39, 0.29) is 17.2 Å². The van der Waals surface area contributed by atoms with Gasteiger partial charge in [-0.25, -0.2) is 14.5 Å². The minimum Gasteiger partial charge on any atom is -0.476 e. The molecule has 0 fully saturated rings. The lowest BCUT2D eigenvalue weighted by atomic mass is 10.2. The molecule has 11 heteroatoms. The monoisotopic (exact) mass is 394 g/mol. The SMILES string of the molecule is Cn1cc(C(=O)Nc2ncn(Cc3ccc(Cl)c(Cl)c3)n2)c(C(=O)O)n1. The van der Waals surface area contributed by atoms with Crippen molar-refractivity contribution >= 4 is 41.0 Å². The molecule has 1 amide bonds. The van der Waals surface area contributed by atoms with Crippen LogP contribution in [-0.2, 0) is 13.6 Å².